The molecule has 36 heavy (non-hydrogen) atoms. The highest BCUT2D eigenvalue weighted by molar-refractivity contribution is 5.60. The number of hydrogen-bond donors (Lipinski definition) is 0. The number of benzene rings is 2. The molecule has 0 N–H and O–H groups in total. The summed E-state index contributed by atoms with van der Waals surface area (Å²) in [6.45, 7) is 7.38. The molecule has 3 fully saturated rings. The zero-order chi connectivity index (χ0) is 25.3. The Kier molecular flexibility index (Phi) is 7.00. The monoisotopic (exact) mass is 500 g/mol. The zero-order valence-electron chi connectivity index (χ0n) is 20.4. The fraction of sp³-hybridized carbons (Fsp3) is 0.519. The van der Waals surface area contributed by atoms with Gasteiger partial charge in [-0.2, -0.15) is 18.4 Å². The van der Waals surface area contributed by atoms with E-state index in [1.165, 1.54) is 11.8 Å². The summed E-state index contributed by atoms with van der Waals surface area (Å²) in [5.74, 6) is 0.462. The summed E-state index contributed by atoms with van der Waals surface area (Å²) in [6.07, 6.45) is -2.49. The lowest BCUT2D eigenvalue weighted by Gasteiger charge is -2.42. The summed E-state index contributed by atoms with van der Waals surface area (Å²) in [7, 11) is 0. The lowest BCUT2D eigenvalue weighted by atomic mass is 9.96. The largest absolute Gasteiger partial charge is 0.417 e. The van der Waals surface area contributed by atoms with E-state index in [9.17, 15) is 13.2 Å². The number of alkyl halides is 3. The molecular weight excluding hydrogens is 469 g/mol. The van der Waals surface area contributed by atoms with Crippen molar-refractivity contribution in [3.8, 4) is 6.07 Å². The van der Waals surface area contributed by atoms with Gasteiger partial charge in [-0.15, -0.1) is 0 Å². The van der Waals surface area contributed by atoms with Crippen molar-refractivity contribution in [3.05, 3.63) is 53.6 Å². The number of piperidine rings is 1. The first-order valence-corrected chi connectivity index (χ1v) is 12.5. The van der Waals surface area contributed by atoms with Gasteiger partial charge in [0.25, 0.3) is 0 Å². The topological polar surface area (TPSA) is 52.0 Å². The van der Waals surface area contributed by atoms with Crippen LogP contribution in [-0.2, 0) is 15.7 Å². The van der Waals surface area contributed by atoms with E-state index in [0.29, 0.717) is 44.5 Å². The Morgan fingerprint density at radius 2 is 1.47 bits per heavy atom. The lowest BCUT2D eigenvalue weighted by Crippen LogP contribution is -2.52. The van der Waals surface area contributed by atoms with Gasteiger partial charge in [-0.05, 0) is 62.2 Å². The molecule has 6 nitrogen and oxygen atoms in total. The van der Waals surface area contributed by atoms with Crippen LogP contribution in [0.5, 0.6) is 0 Å². The van der Waals surface area contributed by atoms with Crippen molar-refractivity contribution < 1.29 is 22.6 Å². The van der Waals surface area contributed by atoms with E-state index in [1.807, 2.05) is 11.8 Å². The Morgan fingerprint density at radius 1 is 0.861 bits per heavy atom. The second-order valence-electron chi connectivity index (χ2n) is 9.78. The van der Waals surface area contributed by atoms with Crippen molar-refractivity contribution in [2.45, 2.75) is 38.3 Å². The molecule has 3 heterocycles. The number of ether oxygens (including phenoxy) is 2. The van der Waals surface area contributed by atoms with E-state index >= 15 is 0 Å². The third kappa shape index (κ3) is 5.11. The molecular formula is C27H31F3N4O2. The second-order valence-corrected chi connectivity index (χ2v) is 9.78. The maximum Gasteiger partial charge on any atom is 0.417 e. The van der Waals surface area contributed by atoms with Crippen LogP contribution in [0.15, 0.2) is 42.5 Å². The van der Waals surface area contributed by atoms with E-state index in [1.54, 1.807) is 12.1 Å². The Hall–Kier alpha value is -2.96. The highest BCUT2D eigenvalue weighted by atomic mass is 19.4. The van der Waals surface area contributed by atoms with Crippen LogP contribution in [0.3, 0.4) is 0 Å². The number of nitrogens with zero attached hydrogens (tertiary/aromatic N) is 4. The predicted octanol–water partition coefficient (Wildman–Crippen LogP) is 4.88. The first-order valence-electron chi connectivity index (χ1n) is 12.5. The van der Waals surface area contributed by atoms with Crippen LogP contribution in [-0.4, -0.2) is 58.3 Å². The first-order chi connectivity index (χ1) is 17.3. The van der Waals surface area contributed by atoms with Gasteiger partial charge in [0.2, 0.25) is 0 Å². The number of piperazine rings is 1. The molecule has 3 saturated heterocycles. The van der Waals surface area contributed by atoms with E-state index in [2.05, 4.69) is 34.1 Å². The average Bonchev–Trinajstić information content (AvgIpc) is 3.43. The van der Waals surface area contributed by atoms with Crippen molar-refractivity contribution in [2.24, 2.45) is 5.92 Å². The van der Waals surface area contributed by atoms with Gasteiger partial charge in [0, 0.05) is 61.7 Å². The highest BCUT2D eigenvalue weighted by Crippen LogP contribution is 2.36. The lowest BCUT2D eigenvalue weighted by molar-refractivity contribution is -0.137. The third-order valence-electron chi connectivity index (χ3n) is 7.54. The maximum atomic E-state index is 13.4. The van der Waals surface area contributed by atoms with Gasteiger partial charge >= 0.3 is 6.18 Å². The maximum absolute atomic E-state index is 13.4. The molecule has 5 rings (SSSR count). The number of halogens is 3. The standard InChI is InChI=1S/C27H31F3N4O2/c1-19-18-33(12-13-34(19)24-3-2-21(17-31)25(16-24)27(28,29)30)23-6-4-22(5-7-23)32-10-8-20(9-11-32)26-35-14-15-36-26/h2-7,16,19-20,26H,8-15,18H2,1H3/t19-/m1/s1. The molecule has 0 aromatic heterocycles. The molecule has 0 bridgehead atoms. The van der Waals surface area contributed by atoms with Crippen molar-refractivity contribution in [2.75, 3.05) is 60.6 Å². The van der Waals surface area contributed by atoms with Crippen molar-refractivity contribution in [1.29, 1.82) is 5.26 Å². The summed E-state index contributed by atoms with van der Waals surface area (Å²) in [5.41, 5.74) is 1.60. The van der Waals surface area contributed by atoms with E-state index in [4.69, 9.17) is 14.7 Å². The van der Waals surface area contributed by atoms with Crippen LogP contribution >= 0.6 is 0 Å². The minimum absolute atomic E-state index is 0.0199. The van der Waals surface area contributed by atoms with Gasteiger partial charge in [0.05, 0.1) is 30.4 Å². The molecule has 192 valence electrons. The quantitative estimate of drug-likeness (QED) is 0.597. The smallest absolute Gasteiger partial charge is 0.372 e. The number of anilines is 3. The van der Waals surface area contributed by atoms with Crippen molar-refractivity contribution in [1.82, 2.24) is 0 Å². The van der Waals surface area contributed by atoms with E-state index < -0.39 is 11.7 Å². The fourth-order valence-electron chi connectivity index (χ4n) is 5.57. The Balaban J connectivity index is 1.20. The molecule has 0 amide bonds. The fourth-order valence-corrected chi connectivity index (χ4v) is 5.57. The molecule has 1 atom stereocenters. The minimum Gasteiger partial charge on any atom is -0.372 e. The summed E-state index contributed by atoms with van der Waals surface area (Å²) in [4.78, 5) is 6.67. The van der Waals surface area contributed by atoms with Crippen LogP contribution in [0.4, 0.5) is 30.2 Å². The van der Waals surface area contributed by atoms with Gasteiger partial charge in [0.15, 0.2) is 6.29 Å². The van der Waals surface area contributed by atoms with Crippen LogP contribution in [0.2, 0.25) is 0 Å². The summed E-state index contributed by atoms with van der Waals surface area (Å²) in [6, 6.07) is 14.2. The highest BCUT2D eigenvalue weighted by Gasteiger charge is 2.35. The number of nitriles is 1. The Bertz CT molecular complexity index is 1090. The zero-order valence-corrected chi connectivity index (χ0v) is 20.4. The van der Waals surface area contributed by atoms with Crippen molar-refractivity contribution in [3.63, 3.8) is 0 Å². The van der Waals surface area contributed by atoms with E-state index in [0.717, 1.165) is 37.7 Å². The third-order valence-corrected chi connectivity index (χ3v) is 7.54. The Labute approximate surface area is 209 Å². The van der Waals surface area contributed by atoms with Crippen molar-refractivity contribution >= 4 is 17.1 Å². The molecule has 2 aromatic carbocycles. The van der Waals surface area contributed by atoms with Crippen LogP contribution in [0.25, 0.3) is 0 Å². The SMILES string of the molecule is C[C@@H]1CN(c2ccc(N3CCC(C4OCCO4)CC3)cc2)CCN1c1ccc(C#N)c(C(F)(F)F)c1. The summed E-state index contributed by atoms with van der Waals surface area (Å²) >= 11 is 0. The number of hydrogen-bond acceptors (Lipinski definition) is 6. The molecule has 9 heteroatoms. The molecule has 3 aliphatic heterocycles. The number of rotatable bonds is 4. The van der Waals surface area contributed by atoms with E-state index in [-0.39, 0.29) is 17.9 Å². The molecule has 0 radical (unpaired) electrons. The second kappa shape index (κ2) is 10.2. The molecule has 3 aliphatic rings. The predicted molar refractivity (Wildman–Crippen MR) is 132 cm³/mol. The molecule has 2 aromatic rings. The minimum atomic E-state index is -4.55. The van der Waals surface area contributed by atoms with Gasteiger partial charge in [-0.25, -0.2) is 0 Å². The molecule has 0 saturated carbocycles. The van der Waals surface area contributed by atoms with Gasteiger partial charge < -0.3 is 24.2 Å². The Morgan fingerprint density at radius 3 is 2.06 bits per heavy atom. The molecule has 0 spiro atoms. The molecule has 0 aliphatic carbocycles. The first kappa shape index (κ1) is 24.7. The normalized spacial score (nSPS) is 22.2. The van der Waals surface area contributed by atoms with Crippen LogP contribution < -0.4 is 14.7 Å². The van der Waals surface area contributed by atoms with Crippen LogP contribution in [0, 0.1) is 17.2 Å². The molecule has 0 unspecified atom stereocenters. The van der Waals surface area contributed by atoms with Crippen LogP contribution in [0.1, 0.15) is 30.9 Å². The van der Waals surface area contributed by atoms with Gasteiger partial charge in [-0.3, -0.25) is 0 Å². The summed E-state index contributed by atoms with van der Waals surface area (Å²) < 4.78 is 51.6. The van der Waals surface area contributed by atoms with Gasteiger partial charge in [-0.1, -0.05) is 0 Å². The van der Waals surface area contributed by atoms with Gasteiger partial charge in [0.1, 0.15) is 0 Å². The summed E-state index contributed by atoms with van der Waals surface area (Å²) in [5, 5.41) is 9.07. The average molecular weight is 501 g/mol.